The minimum Gasteiger partial charge on any atom is -0.393 e. The molecule has 56 valence electrons. The van der Waals surface area contributed by atoms with E-state index in [1.54, 1.807) is 0 Å². The average Bonchev–Trinajstić information content (AvgIpc) is 2.14. The molecule has 1 aliphatic rings. The van der Waals surface area contributed by atoms with Gasteiger partial charge < -0.3 is 10.8 Å². The van der Waals surface area contributed by atoms with Crippen LogP contribution in [0.5, 0.6) is 0 Å². The Morgan fingerprint density at radius 1 is 1.44 bits per heavy atom. The molecule has 2 nitrogen and oxygen atoms in total. The molecular formula is C6H14ClNO. The van der Waals surface area contributed by atoms with E-state index in [1.165, 1.54) is 0 Å². The molecule has 0 aromatic carbocycles. The topological polar surface area (TPSA) is 46.2 Å². The Kier molecular flexibility index (Phi) is 4.19. The van der Waals surface area contributed by atoms with Crippen LogP contribution in [0, 0.1) is 5.92 Å². The van der Waals surface area contributed by atoms with Crippen molar-refractivity contribution in [2.24, 2.45) is 11.7 Å². The minimum absolute atomic E-state index is 0. The molecule has 3 N–H and O–H groups in total. The molecule has 0 aliphatic heterocycles. The van der Waals surface area contributed by atoms with Crippen molar-refractivity contribution in [3.8, 4) is 0 Å². The van der Waals surface area contributed by atoms with Gasteiger partial charge in [0.05, 0.1) is 6.10 Å². The average molecular weight is 152 g/mol. The van der Waals surface area contributed by atoms with Crippen LogP contribution in [0.1, 0.15) is 19.3 Å². The number of rotatable bonds is 1. The van der Waals surface area contributed by atoms with Crippen molar-refractivity contribution in [1.82, 2.24) is 0 Å². The fourth-order valence-electron chi connectivity index (χ4n) is 1.29. The standard InChI is InChI=1S/C6H13NO.ClH/c7-4-5-2-1-3-6(5)8;/h5-6,8H,1-4,7H2;1H/t5-,6+;/m1./s1. The van der Waals surface area contributed by atoms with Crippen molar-refractivity contribution in [3.63, 3.8) is 0 Å². The van der Waals surface area contributed by atoms with Gasteiger partial charge >= 0.3 is 0 Å². The Morgan fingerprint density at radius 3 is 2.33 bits per heavy atom. The maximum absolute atomic E-state index is 9.11. The predicted octanol–water partition coefficient (Wildman–Crippen LogP) is 0.528. The highest BCUT2D eigenvalue weighted by molar-refractivity contribution is 5.85. The van der Waals surface area contributed by atoms with Gasteiger partial charge in [0, 0.05) is 0 Å². The first-order chi connectivity index (χ1) is 3.84. The van der Waals surface area contributed by atoms with Gasteiger partial charge in [-0.3, -0.25) is 0 Å². The van der Waals surface area contributed by atoms with Crippen LogP contribution in [0.4, 0.5) is 0 Å². The first-order valence-electron chi connectivity index (χ1n) is 3.22. The molecule has 0 saturated heterocycles. The molecule has 1 saturated carbocycles. The van der Waals surface area contributed by atoms with Gasteiger partial charge in [-0.05, 0) is 25.3 Å². The van der Waals surface area contributed by atoms with Crippen molar-refractivity contribution in [2.45, 2.75) is 25.4 Å². The van der Waals surface area contributed by atoms with E-state index in [-0.39, 0.29) is 18.5 Å². The molecule has 2 atom stereocenters. The fraction of sp³-hybridized carbons (Fsp3) is 1.00. The van der Waals surface area contributed by atoms with E-state index >= 15 is 0 Å². The maximum Gasteiger partial charge on any atom is 0.0580 e. The maximum atomic E-state index is 9.11. The molecule has 0 bridgehead atoms. The smallest absolute Gasteiger partial charge is 0.0580 e. The molecule has 1 rings (SSSR count). The number of nitrogens with two attached hydrogens (primary N) is 1. The summed E-state index contributed by atoms with van der Waals surface area (Å²) in [6, 6.07) is 0. The summed E-state index contributed by atoms with van der Waals surface area (Å²) in [5.41, 5.74) is 5.36. The Hall–Kier alpha value is 0.210. The molecule has 3 heteroatoms. The van der Waals surface area contributed by atoms with Gasteiger partial charge in [0.15, 0.2) is 0 Å². The normalized spacial score (nSPS) is 34.0. The van der Waals surface area contributed by atoms with Crippen molar-refractivity contribution in [1.29, 1.82) is 0 Å². The minimum atomic E-state index is -0.0972. The highest BCUT2D eigenvalue weighted by Crippen LogP contribution is 2.23. The zero-order valence-electron chi connectivity index (χ0n) is 5.42. The van der Waals surface area contributed by atoms with Crippen LogP contribution in [0.2, 0.25) is 0 Å². The van der Waals surface area contributed by atoms with Crippen LogP contribution in [0.25, 0.3) is 0 Å². The lowest BCUT2D eigenvalue weighted by Crippen LogP contribution is -2.21. The summed E-state index contributed by atoms with van der Waals surface area (Å²) in [6.45, 7) is 0.654. The molecular weight excluding hydrogens is 138 g/mol. The van der Waals surface area contributed by atoms with Gasteiger partial charge in [0.25, 0.3) is 0 Å². The number of hydrogen-bond acceptors (Lipinski definition) is 2. The third kappa shape index (κ3) is 2.12. The summed E-state index contributed by atoms with van der Waals surface area (Å²) >= 11 is 0. The first kappa shape index (κ1) is 9.21. The van der Waals surface area contributed by atoms with Crippen LogP contribution in [-0.2, 0) is 0 Å². The van der Waals surface area contributed by atoms with Gasteiger partial charge in [-0.1, -0.05) is 6.42 Å². The quantitative estimate of drug-likeness (QED) is 0.575. The summed E-state index contributed by atoms with van der Waals surface area (Å²) in [7, 11) is 0. The number of hydrogen-bond donors (Lipinski definition) is 2. The summed E-state index contributed by atoms with van der Waals surface area (Å²) in [6.07, 6.45) is 3.14. The fourth-order valence-corrected chi connectivity index (χ4v) is 1.29. The van der Waals surface area contributed by atoms with E-state index in [9.17, 15) is 0 Å². The van der Waals surface area contributed by atoms with E-state index in [0.717, 1.165) is 19.3 Å². The van der Waals surface area contributed by atoms with Crippen molar-refractivity contribution in [3.05, 3.63) is 0 Å². The predicted molar refractivity (Wildman–Crippen MR) is 39.7 cm³/mol. The van der Waals surface area contributed by atoms with Crippen molar-refractivity contribution in [2.75, 3.05) is 6.54 Å². The van der Waals surface area contributed by atoms with Gasteiger partial charge in [-0.2, -0.15) is 0 Å². The van der Waals surface area contributed by atoms with Gasteiger partial charge in [0.2, 0.25) is 0 Å². The van der Waals surface area contributed by atoms with Gasteiger partial charge in [-0.25, -0.2) is 0 Å². The SMILES string of the molecule is Cl.NC[C@H]1CCC[C@@H]1O. The van der Waals surface area contributed by atoms with E-state index in [2.05, 4.69) is 0 Å². The van der Waals surface area contributed by atoms with Crippen LogP contribution in [-0.4, -0.2) is 17.8 Å². The summed E-state index contributed by atoms with van der Waals surface area (Å²) in [5.74, 6) is 0.398. The van der Waals surface area contributed by atoms with Crippen LogP contribution in [0.15, 0.2) is 0 Å². The monoisotopic (exact) mass is 151 g/mol. The highest BCUT2D eigenvalue weighted by atomic mass is 35.5. The Bertz CT molecular complexity index is 79.5. The van der Waals surface area contributed by atoms with E-state index in [1.807, 2.05) is 0 Å². The zero-order chi connectivity index (χ0) is 5.98. The Morgan fingerprint density at radius 2 is 2.11 bits per heavy atom. The van der Waals surface area contributed by atoms with Crippen LogP contribution < -0.4 is 5.73 Å². The number of halogens is 1. The molecule has 0 spiro atoms. The largest absolute Gasteiger partial charge is 0.393 e. The number of aliphatic hydroxyl groups excluding tert-OH is 1. The van der Waals surface area contributed by atoms with Crippen LogP contribution >= 0.6 is 12.4 Å². The molecule has 9 heavy (non-hydrogen) atoms. The molecule has 0 radical (unpaired) electrons. The second-order valence-corrected chi connectivity index (χ2v) is 2.49. The van der Waals surface area contributed by atoms with Gasteiger partial charge in [-0.15, -0.1) is 12.4 Å². The summed E-state index contributed by atoms with van der Waals surface area (Å²) in [4.78, 5) is 0. The van der Waals surface area contributed by atoms with Crippen LogP contribution in [0.3, 0.4) is 0 Å². The van der Waals surface area contributed by atoms with Crippen molar-refractivity contribution >= 4 is 12.4 Å². The Labute approximate surface area is 61.8 Å². The number of aliphatic hydroxyl groups is 1. The lowest BCUT2D eigenvalue weighted by molar-refractivity contribution is 0.136. The summed E-state index contributed by atoms with van der Waals surface area (Å²) < 4.78 is 0. The third-order valence-electron chi connectivity index (χ3n) is 1.92. The van der Waals surface area contributed by atoms with E-state index < -0.39 is 0 Å². The second kappa shape index (κ2) is 4.09. The molecule has 0 amide bonds. The lowest BCUT2D eigenvalue weighted by atomic mass is 10.1. The highest BCUT2D eigenvalue weighted by Gasteiger charge is 2.22. The Balaban J connectivity index is 0.000000640. The summed E-state index contributed by atoms with van der Waals surface area (Å²) in [5, 5.41) is 9.11. The zero-order valence-corrected chi connectivity index (χ0v) is 6.23. The third-order valence-corrected chi connectivity index (χ3v) is 1.92. The first-order valence-corrected chi connectivity index (χ1v) is 3.22. The second-order valence-electron chi connectivity index (χ2n) is 2.49. The van der Waals surface area contributed by atoms with E-state index in [4.69, 9.17) is 10.8 Å². The molecule has 0 unspecified atom stereocenters. The molecule has 0 aromatic rings. The van der Waals surface area contributed by atoms with E-state index in [0.29, 0.717) is 12.5 Å². The lowest BCUT2D eigenvalue weighted by Gasteiger charge is -2.09. The molecule has 0 heterocycles. The molecule has 1 fully saturated rings. The molecule has 0 aromatic heterocycles. The van der Waals surface area contributed by atoms with Crippen molar-refractivity contribution < 1.29 is 5.11 Å². The molecule has 1 aliphatic carbocycles. The van der Waals surface area contributed by atoms with Gasteiger partial charge in [0.1, 0.15) is 0 Å².